The van der Waals surface area contributed by atoms with E-state index in [1.807, 2.05) is 0 Å². The van der Waals surface area contributed by atoms with Crippen LogP contribution in [0.2, 0.25) is 0 Å². The molecular formula is C10H16O5. The van der Waals surface area contributed by atoms with Gasteiger partial charge in [-0.25, -0.2) is 4.79 Å². The Balaban J connectivity index is 2.15. The Hall–Kier alpha value is -0.910. The van der Waals surface area contributed by atoms with E-state index < -0.39 is 12.1 Å². The number of hydrogen-bond donors (Lipinski definition) is 1. The fourth-order valence-corrected chi connectivity index (χ4v) is 0.871. The minimum atomic E-state index is -0.632. The molecule has 86 valence electrons. The van der Waals surface area contributed by atoms with Gasteiger partial charge in [-0.05, 0) is 6.92 Å². The van der Waals surface area contributed by atoms with Crippen molar-refractivity contribution in [2.45, 2.75) is 19.1 Å². The van der Waals surface area contributed by atoms with Gasteiger partial charge in [-0.2, -0.15) is 0 Å². The third kappa shape index (κ3) is 4.92. The van der Waals surface area contributed by atoms with Gasteiger partial charge in [0.15, 0.2) is 0 Å². The summed E-state index contributed by atoms with van der Waals surface area (Å²) in [5, 5.41) is 8.92. The van der Waals surface area contributed by atoms with Crippen molar-refractivity contribution >= 4 is 5.97 Å². The lowest BCUT2D eigenvalue weighted by molar-refractivity contribution is -0.149. The molecule has 0 aromatic carbocycles. The lowest BCUT2D eigenvalue weighted by atomic mass is 10.3. The van der Waals surface area contributed by atoms with Crippen LogP contribution in [0.4, 0.5) is 0 Å². The van der Waals surface area contributed by atoms with E-state index in [4.69, 9.17) is 19.3 Å². The average molecular weight is 216 g/mol. The second-order valence-corrected chi connectivity index (χ2v) is 3.48. The summed E-state index contributed by atoms with van der Waals surface area (Å²) >= 11 is 0. The molecule has 0 aromatic rings. The molecule has 1 aliphatic rings. The van der Waals surface area contributed by atoms with Crippen molar-refractivity contribution in [3.05, 3.63) is 12.2 Å². The second-order valence-electron chi connectivity index (χ2n) is 3.48. The van der Waals surface area contributed by atoms with Crippen LogP contribution < -0.4 is 0 Å². The van der Waals surface area contributed by atoms with Crippen molar-refractivity contribution in [2.75, 3.05) is 26.4 Å². The molecule has 0 aliphatic carbocycles. The monoisotopic (exact) mass is 216 g/mol. The molecule has 0 radical (unpaired) electrons. The predicted molar refractivity (Wildman–Crippen MR) is 52.3 cm³/mol. The predicted octanol–water partition coefficient (Wildman–Crippen LogP) is -0.118. The molecule has 1 rings (SSSR count). The Bertz CT molecular complexity index is 234. The maximum absolute atomic E-state index is 11.1. The lowest BCUT2D eigenvalue weighted by Crippen LogP contribution is -2.28. The van der Waals surface area contributed by atoms with Crippen molar-refractivity contribution in [3.8, 4) is 0 Å². The molecule has 0 amide bonds. The molecule has 1 N–H and O–H groups in total. The highest BCUT2D eigenvalue weighted by atomic mass is 16.6. The summed E-state index contributed by atoms with van der Waals surface area (Å²) in [4.78, 5) is 11.1. The van der Waals surface area contributed by atoms with E-state index >= 15 is 0 Å². The van der Waals surface area contributed by atoms with E-state index in [1.54, 1.807) is 6.92 Å². The number of carbonyl (C=O) groups excluding carboxylic acids is 1. The zero-order chi connectivity index (χ0) is 11.3. The van der Waals surface area contributed by atoms with Gasteiger partial charge in [-0.1, -0.05) is 6.58 Å². The van der Waals surface area contributed by atoms with Crippen LogP contribution in [0, 0.1) is 0 Å². The number of hydrogen-bond acceptors (Lipinski definition) is 5. The van der Waals surface area contributed by atoms with Crippen molar-refractivity contribution in [2.24, 2.45) is 0 Å². The Morgan fingerprint density at radius 3 is 2.87 bits per heavy atom. The van der Waals surface area contributed by atoms with Crippen LogP contribution in [0.25, 0.3) is 0 Å². The Morgan fingerprint density at radius 1 is 1.73 bits per heavy atom. The number of epoxide rings is 1. The number of ether oxygens (including phenoxy) is 3. The number of esters is 1. The first kappa shape index (κ1) is 12.2. The van der Waals surface area contributed by atoms with E-state index in [-0.39, 0.29) is 19.3 Å². The molecule has 1 aliphatic heterocycles. The largest absolute Gasteiger partial charge is 0.454 e. The van der Waals surface area contributed by atoms with Crippen molar-refractivity contribution in [1.29, 1.82) is 0 Å². The van der Waals surface area contributed by atoms with E-state index in [0.29, 0.717) is 12.2 Å². The normalized spacial score (nSPS) is 20.8. The van der Waals surface area contributed by atoms with Gasteiger partial charge >= 0.3 is 5.97 Å². The first-order valence-corrected chi connectivity index (χ1v) is 4.80. The summed E-state index contributed by atoms with van der Waals surface area (Å²) < 4.78 is 15.0. The number of rotatable bonds is 7. The third-order valence-electron chi connectivity index (χ3n) is 1.84. The first-order chi connectivity index (χ1) is 7.13. The lowest BCUT2D eigenvalue weighted by Gasteiger charge is -2.15. The molecule has 0 bridgehead atoms. The van der Waals surface area contributed by atoms with Gasteiger partial charge in [-0.3, -0.25) is 0 Å². The second kappa shape index (κ2) is 5.85. The van der Waals surface area contributed by atoms with Crippen molar-refractivity contribution < 1.29 is 24.1 Å². The number of aliphatic hydroxyl groups excluding tert-OH is 1. The molecule has 1 saturated heterocycles. The van der Waals surface area contributed by atoms with Gasteiger partial charge in [0.05, 0.1) is 26.4 Å². The fraction of sp³-hybridized carbons (Fsp3) is 0.700. The highest BCUT2D eigenvalue weighted by Gasteiger charge is 2.23. The van der Waals surface area contributed by atoms with E-state index in [2.05, 4.69) is 6.58 Å². The summed E-state index contributed by atoms with van der Waals surface area (Å²) in [6, 6.07) is 0. The molecule has 5 nitrogen and oxygen atoms in total. The molecule has 1 fully saturated rings. The molecule has 0 saturated carbocycles. The van der Waals surface area contributed by atoms with Crippen LogP contribution in [-0.2, 0) is 19.0 Å². The summed E-state index contributed by atoms with van der Waals surface area (Å²) in [5.74, 6) is -0.514. The smallest absolute Gasteiger partial charge is 0.333 e. The van der Waals surface area contributed by atoms with E-state index in [9.17, 15) is 4.79 Å². The van der Waals surface area contributed by atoms with E-state index in [1.165, 1.54) is 0 Å². The molecule has 15 heavy (non-hydrogen) atoms. The van der Waals surface area contributed by atoms with Gasteiger partial charge in [0.1, 0.15) is 12.2 Å². The van der Waals surface area contributed by atoms with Crippen LogP contribution in [0.5, 0.6) is 0 Å². The quantitative estimate of drug-likeness (QED) is 0.365. The Kier molecular flexibility index (Phi) is 4.74. The van der Waals surface area contributed by atoms with Crippen molar-refractivity contribution in [3.63, 3.8) is 0 Å². The van der Waals surface area contributed by atoms with Gasteiger partial charge in [0.2, 0.25) is 0 Å². The highest BCUT2D eigenvalue weighted by molar-refractivity contribution is 5.87. The number of carbonyl (C=O) groups is 1. The summed E-state index contributed by atoms with van der Waals surface area (Å²) in [5.41, 5.74) is 0.305. The molecule has 0 spiro atoms. The number of aliphatic hydroxyl groups is 1. The summed E-state index contributed by atoms with van der Waals surface area (Å²) in [6.45, 7) is 6.10. The van der Waals surface area contributed by atoms with Crippen LogP contribution in [0.1, 0.15) is 6.92 Å². The molecule has 5 heteroatoms. The molecule has 0 aromatic heterocycles. The van der Waals surface area contributed by atoms with Crippen LogP contribution in [0.15, 0.2) is 12.2 Å². The fourth-order valence-electron chi connectivity index (χ4n) is 0.871. The maximum atomic E-state index is 11.1. The molecular weight excluding hydrogens is 200 g/mol. The van der Waals surface area contributed by atoms with Gasteiger partial charge in [0, 0.05) is 5.57 Å². The minimum Gasteiger partial charge on any atom is -0.454 e. The molecule has 1 heterocycles. The first-order valence-electron chi connectivity index (χ1n) is 4.80. The van der Waals surface area contributed by atoms with Gasteiger partial charge in [0.25, 0.3) is 0 Å². The average Bonchev–Trinajstić information content (AvgIpc) is 2.99. The SMILES string of the molecule is C=C(C)C(=O)OC(CO)COCC1CO1. The zero-order valence-corrected chi connectivity index (χ0v) is 8.77. The standard InChI is InChI=1S/C10H16O5/c1-7(2)10(12)15-8(3-11)4-13-5-9-6-14-9/h8-9,11H,1,3-6H2,2H3. The summed E-state index contributed by atoms with van der Waals surface area (Å²) in [6.07, 6.45) is -0.464. The third-order valence-corrected chi connectivity index (χ3v) is 1.84. The van der Waals surface area contributed by atoms with Gasteiger partial charge in [-0.15, -0.1) is 0 Å². The van der Waals surface area contributed by atoms with E-state index in [0.717, 1.165) is 6.61 Å². The maximum Gasteiger partial charge on any atom is 0.333 e. The molecule has 2 atom stereocenters. The summed E-state index contributed by atoms with van der Waals surface area (Å²) in [7, 11) is 0. The van der Waals surface area contributed by atoms with Crippen LogP contribution >= 0.6 is 0 Å². The molecule has 2 unspecified atom stereocenters. The topological polar surface area (TPSA) is 68.3 Å². The van der Waals surface area contributed by atoms with Crippen molar-refractivity contribution in [1.82, 2.24) is 0 Å². The van der Waals surface area contributed by atoms with Gasteiger partial charge < -0.3 is 19.3 Å². The Morgan fingerprint density at radius 2 is 2.40 bits per heavy atom. The minimum absolute atomic E-state index is 0.168. The van der Waals surface area contributed by atoms with Crippen LogP contribution in [-0.4, -0.2) is 49.7 Å². The Labute approximate surface area is 88.6 Å². The van der Waals surface area contributed by atoms with Crippen LogP contribution in [0.3, 0.4) is 0 Å². The highest BCUT2D eigenvalue weighted by Crippen LogP contribution is 2.09. The zero-order valence-electron chi connectivity index (χ0n) is 8.77.